The molecule has 1 unspecified atom stereocenters. The average Bonchev–Trinajstić information content (AvgIpc) is 2.67. The number of ether oxygens (including phenoxy) is 1. The molecule has 0 radical (unpaired) electrons. The molecule has 0 aliphatic heterocycles. The van der Waals surface area contributed by atoms with Crippen molar-refractivity contribution in [3.8, 4) is 0 Å². The molecule has 0 heterocycles. The third-order valence-corrected chi connectivity index (χ3v) is 5.92. The Bertz CT molecular complexity index is 897. The van der Waals surface area contributed by atoms with Gasteiger partial charge in [-0.25, -0.2) is 0 Å². The fraction of sp³-hybridized carbons (Fsp3) is 0.480. The van der Waals surface area contributed by atoms with Crippen molar-refractivity contribution in [3.63, 3.8) is 0 Å². The number of carbonyl (C=O) groups is 1. The molecular weight excluding hydrogens is 427 g/mol. The van der Waals surface area contributed by atoms with Crippen molar-refractivity contribution < 1.29 is 9.53 Å². The van der Waals surface area contributed by atoms with E-state index in [-0.39, 0.29) is 5.97 Å². The molecule has 0 aliphatic rings. The smallest absolute Gasteiger partial charge is 0.313 e. The third kappa shape index (κ3) is 7.40. The zero-order chi connectivity index (χ0) is 23.9. The highest BCUT2D eigenvalue weighted by Crippen LogP contribution is 2.29. The summed E-state index contributed by atoms with van der Waals surface area (Å²) in [5.41, 5.74) is 12.0. The molecule has 1 aromatic rings. The van der Waals surface area contributed by atoms with Crippen LogP contribution in [0.25, 0.3) is 5.57 Å². The van der Waals surface area contributed by atoms with Crippen molar-refractivity contribution in [2.45, 2.75) is 54.9 Å². The molecule has 1 atom stereocenters. The van der Waals surface area contributed by atoms with Gasteiger partial charge >= 0.3 is 5.97 Å². The highest BCUT2D eigenvalue weighted by molar-refractivity contribution is 7.27. The summed E-state index contributed by atoms with van der Waals surface area (Å²) in [6.45, 7) is 14.7. The second-order valence-electron chi connectivity index (χ2n) is 8.69. The molecule has 1 rings (SSSR count). The summed E-state index contributed by atoms with van der Waals surface area (Å²) >= 11 is 6.29. The topological polar surface area (TPSA) is 55.6 Å². The summed E-state index contributed by atoms with van der Waals surface area (Å²) in [5, 5.41) is 1.75. The van der Waals surface area contributed by atoms with E-state index in [1.807, 2.05) is 70.8 Å². The molecule has 6 heteroatoms. The summed E-state index contributed by atoms with van der Waals surface area (Å²) < 4.78 is 5.25. The van der Waals surface area contributed by atoms with Crippen LogP contribution in [0.1, 0.15) is 60.5 Å². The van der Waals surface area contributed by atoms with Crippen LogP contribution in [0.5, 0.6) is 0 Å². The van der Waals surface area contributed by atoms with Gasteiger partial charge in [0.25, 0.3) is 0 Å². The quantitative estimate of drug-likeness (QED) is 0.290. The first-order valence-electron chi connectivity index (χ1n) is 10.6. The lowest BCUT2D eigenvalue weighted by molar-refractivity contribution is -0.154. The Morgan fingerprint density at radius 1 is 1.26 bits per heavy atom. The van der Waals surface area contributed by atoms with Crippen molar-refractivity contribution in [2.75, 3.05) is 20.2 Å². The number of hydrogen-bond donors (Lipinski definition) is 1. The number of likely N-dealkylation sites (N-methyl/N-ethyl adjacent to an activating group) is 1. The van der Waals surface area contributed by atoms with Gasteiger partial charge in [0.2, 0.25) is 0 Å². The molecule has 0 bridgehead atoms. The second-order valence-corrected chi connectivity index (χ2v) is 9.75. The number of halogens is 1. The van der Waals surface area contributed by atoms with E-state index in [9.17, 15) is 4.79 Å². The van der Waals surface area contributed by atoms with Crippen molar-refractivity contribution in [3.05, 3.63) is 57.4 Å². The summed E-state index contributed by atoms with van der Waals surface area (Å²) in [6, 6.07) is 5.84. The van der Waals surface area contributed by atoms with Gasteiger partial charge in [-0.05, 0) is 82.6 Å². The number of benzene rings is 1. The third-order valence-electron chi connectivity index (χ3n) is 5.18. The van der Waals surface area contributed by atoms with E-state index in [1.54, 1.807) is 0 Å². The standard InChI is InChI=1S/C25H38ClN2O2P/c1-9-17(5)19(20-13-18(26)11-12-22(20)31)14-21(27)23(16(3)4)28(8)15-25(6,7)24(29)30-10-2/h11-14H,9-10,15,27,31H2,1-8H3/b19-17-,21-14+. The molecule has 0 saturated heterocycles. The maximum atomic E-state index is 12.4. The lowest BCUT2D eigenvalue weighted by atomic mass is 9.92. The van der Waals surface area contributed by atoms with Gasteiger partial charge in [0, 0.05) is 18.6 Å². The Balaban J connectivity index is 3.44. The first-order valence-corrected chi connectivity index (χ1v) is 11.6. The van der Waals surface area contributed by atoms with Gasteiger partial charge in [0.05, 0.1) is 23.4 Å². The number of esters is 1. The predicted molar refractivity (Wildman–Crippen MR) is 137 cm³/mol. The van der Waals surface area contributed by atoms with Crippen LogP contribution in [0.2, 0.25) is 5.02 Å². The molecule has 4 nitrogen and oxygen atoms in total. The highest BCUT2D eigenvalue weighted by Gasteiger charge is 2.31. The van der Waals surface area contributed by atoms with E-state index in [0.717, 1.165) is 34.1 Å². The SMILES string of the molecule is CCOC(=O)C(C)(C)CN(C)C(=C(C)C)/C(N)=C\C(=C(/C)CC)c1cc(Cl)ccc1P. The minimum atomic E-state index is -0.663. The second kappa shape index (κ2) is 11.7. The summed E-state index contributed by atoms with van der Waals surface area (Å²) in [7, 11) is 4.73. The fourth-order valence-corrected chi connectivity index (χ4v) is 4.07. The van der Waals surface area contributed by atoms with Crippen molar-refractivity contribution in [1.29, 1.82) is 0 Å². The molecule has 0 amide bonds. The Hall–Kier alpha value is -1.77. The molecule has 1 aromatic carbocycles. The first kappa shape index (κ1) is 27.3. The molecule has 31 heavy (non-hydrogen) atoms. The monoisotopic (exact) mass is 464 g/mol. The van der Waals surface area contributed by atoms with Gasteiger partial charge < -0.3 is 15.4 Å². The van der Waals surface area contributed by atoms with Gasteiger partial charge in [-0.1, -0.05) is 35.7 Å². The molecule has 172 valence electrons. The maximum Gasteiger partial charge on any atom is 0.313 e. The van der Waals surface area contributed by atoms with Crippen LogP contribution in [0, 0.1) is 5.41 Å². The van der Waals surface area contributed by atoms with Gasteiger partial charge in [0.1, 0.15) is 0 Å². The molecule has 0 saturated carbocycles. The van der Waals surface area contributed by atoms with Crippen molar-refractivity contribution in [1.82, 2.24) is 4.90 Å². The number of nitrogens with two attached hydrogens (primary N) is 1. The maximum absolute atomic E-state index is 12.4. The van der Waals surface area contributed by atoms with Crippen LogP contribution in [-0.4, -0.2) is 31.1 Å². The molecule has 0 fully saturated rings. The zero-order valence-electron chi connectivity index (χ0n) is 20.2. The van der Waals surface area contributed by atoms with Crippen LogP contribution >= 0.6 is 20.8 Å². The van der Waals surface area contributed by atoms with E-state index in [2.05, 4.69) is 23.1 Å². The number of carbonyl (C=O) groups excluding carboxylic acids is 1. The Morgan fingerprint density at radius 3 is 2.39 bits per heavy atom. The number of rotatable bonds is 9. The Labute approximate surface area is 195 Å². The average molecular weight is 465 g/mol. The van der Waals surface area contributed by atoms with Gasteiger partial charge in [-0.2, -0.15) is 0 Å². The lowest BCUT2D eigenvalue weighted by Gasteiger charge is -2.32. The molecule has 0 aromatic heterocycles. The lowest BCUT2D eigenvalue weighted by Crippen LogP contribution is -2.39. The van der Waals surface area contributed by atoms with Crippen molar-refractivity contribution >= 4 is 37.7 Å². The summed E-state index contributed by atoms with van der Waals surface area (Å²) in [6.07, 6.45) is 2.92. The molecular formula is C25H38ClN2O2P. The minimum absolute atomic E-state index is 0.216. The zero-order valence-corrected chi connectivity index (χ0v) is 22.1. The van der Waals surface area contributed by atoms with Crippen LogP contribution in [0.4, 0.5) is 0 Å². The number of nitrogens with zero attached hydrogens (tertiary/aromatic N) is 1. The van der Waals surface area contributed by atoms with Crippen molar-refractivity contribution in [2.24, 2.45) is 11.1 Å². The Kier molecular flexibility index (Phi) is 10.3. The fourth-order valence-electron chi connectivity index (χ4n) is 3.56. The Morgan fingerprint density at radius 2 is 1.87 bits per heavy atom. The summed E-state index contributed by atoms with van der Waals surface area (Å²) in [5.74, 6) is -0.216. The van der Waals surface area contributed by atoms with E-state index in [4.69, 9.17) is 22.1 Å². The number of hydrogen-bond acceptors (Lipinski definition) is 4. The van der Waals surface area contributed by atoms with E-state index < -0.39 is 5.41 Å². The van der Waals surface area contributed by atoms with E-state index in [0.29, 0.717) is 23.9 Å². The molecule has 0 aliphatic carbocycles. The highest BCUT2D eigenvalue weighted by atomic mass is 35.5. The van der Waals surface area contributed by atoms with Gasteiger partial charge in [-0.3, -0.25) is 4.79 Å². The minimum Gasteiger partial charge on any atom is -0.466 e. The van der Waals surface area contributed by atoms with E-state index in [1.165, 1.54) is 5.57 Å². The largest absolute Gasteiger partial charge is 0.466 e. The normalized spacial score (nSPS) is 12.9. The van der Waals surface area contributed by atoms with Crippen LogP contribution in [-0.2, 0) is 9.53 Å². The van der Waals surface area contributed by atoms with Crippen LogP contribution in [0.3, 0.4) is 0 Å². The van der Waals surface area contributed by atoms with Gasteiger partial charge in [0.15, 0.2) is 0 Å². The molecule has 0 spiro atoms. The predicted octanol–water partition coefficient (Wildman–Crippen LogP) is 5.68. The van der Waals surface area contributed by atoms with Crippen LogP contribution < -0.4 is 11.0 Å². The van der Waals surface area contributed by atoms with Crippen LogP contribution in [0.15, 0.2) is 46.8 Å². The molecule has 2 N–H and O–H groups in total. The van der Waals surface area contributed by atoms with E-state index >= 15 is 0 Å². The summed E-state index contributed by atoms with van der Waals surface area (Å²) in [4.78, 5) is 14.4. The first-order chi connectivity index (χ1) is 14.3. The number of allylic oxidation sites excluding steroid dienone is 4. The van der Waals surface area contributed by atoms with Gasteiger partial charge in [-0.15, -0.1) is 9.24 Å².